The smallest absolute Gasteiger partial charge is 0.277 e. The van der Waals surface area contributed by atoms with E-state index < -0.39 is 12.0 Å². The van der Waals surface area contributed by atoms with E-state index in [-0.39, 0.29) is 22.9 Å². The van der Waals surface area contributed by atoms with Gasteiger partial charge in [0.15, 0.2) is 0 Å². The summed E-state index contributed by atoms with van der Waals surface area (Å²) in [5.41, 5.74) is 2.12. The molecular formula is C11H12ClN3O3. The second kappa shape index (κ2) is 6.81. The molecule has 0 aliphatic rings. The first kappa shape index (κ1) is 14.3. The van der Waals surface area contributed by atoms with Crippen LogP contribution < -0.4 is 16.0 Å². The number of methoxy groups -OCH3 is 1. The van der Waals surface area contributed by atoms with Gasteiger partial charge in [-0.3, -0.25) is 10.2 Å². The summed E-state index contributed by atoms with van der Waals surface area (Å²) in [5, 5.41) is 9.22. The highest BCUT2D eigenvalue weighted by molar-refractivity contribution is 6.31. The molecule has 1 aromatic carbocycles. The van der Waals surface area contributed by atoms with E-state index in [9.17, 15) is 4.79 Å². The van der Waals surface area contributed by atoms with Gasteiger partial charge in [-0.25, -0.2) is 5.84 Å². The molecule has 18 heavy (non-hydrogen) atoms. The molecule has 0 saturated heterocycles. The van der Waals surface area contributed by atoms with Crippen molar-refractivity contribution in [2.75, 3.05) is 13.7 Å². The number of carbonyl (C=O) groups is 1. The van der Waals surface area contributed by atoms with Crippen LogP contribution in [0.4, 0.5) is 0 Å². The predicted molar refractivity (Wildman–Crippen MR) is 64.8 cm³/mol. The number of nitriles is 1. The monoisotopic (exact) mass is 269 g/mol. The summed E-state index contributed by atoms with van der Waals surface area (Å²) >= 11 is 5.84. The third kappa shape index (κ3) is 3.34. The Kier molecular flexibility index (Phi) is 5.39. The number of nitrogens with zero attached hydrogens (tertiary/aromatic N) is 1. The standard InChI is InChI=1S/C11H12ClN3O3/c1-17-6-10(11(16)15-14)18-9-4-2-3-8(12)7(9)5-13/h2-4,10H,6,14H2,1H3,(H,15,16). The number of hydrazine groups is 1. The number of ether oxygens (including phenoxy) is 2. The molecule has 1 atom stereocenters. The topological polar surface area (TPSA) is 97.4 Å². The number of hydrogen-bond acceptors (Lipinski definition) is 5. The molecule has 0 aliphatic carbocycles. The van der Waals surface area contributed by atoms with Crippen LogP contribution in [0.3, 0.4) is 0 Å². The zero-order chi connectivity index (χ0) is 13.5. The Bertz CT molecular complexity index is 473. The van der Waals surface area contributed by atoms with Crippen molar-refractivity contribution < 1.29 is 14.3 Å². The highest BCUT2D eigenvalue weighted by atomic mass is 35.5. The molecule has 0 aromatic heterocycles. The first-order valence-electron chi connectivity index (χ1n) is 4.98. The second-order valence-electron chi connectivity index (χ2n) is 3.30. The molecule has 1 amide bonds. The largest absolute Gasteiger partial charge is 0.477 e. The lowest BCUT2D eigenvalue weighted by Crippen LogP contribution is -2.44. The molecule has 1 aromatic rings. The Balaban J connectivity index is 2.97. The molecular weight excluding hydrogens is 258 g/mol. The van der Waals surface area contributed by atoms with E-state index in [2.05, 4.69) is 0 Å². The Labute approximate surface area is 109 Å². The molecule has 0 bridgehead atoms. The fourth-order valence-electron chi connectivity index (χ4n) is 1.27. The van der Waals surface area contributed by atoms with Gasteiger partial charge in [0.25, 0.3) is 5.91 Å². The lowest BCUT2D eigenvalue weighted by molar-refractivity contribution is -0.130. The van der Waals surface area contributed by atoms with E-state index in [0.717, 1.165) is 0 Å². The number of halogens is 1. The van der Waals surface area contributed by atoms with E-state index in [0.29, 0.717) is 0 Å². The first-order chi connectivity index (χ1) is 8.63. The molecule has 0 saturated carbocycles. The highest BCUT2D eigenvalue weighted by Gasteiger charge is 2.21. The van der Waals surface area contributed by atoms with Crippen LogP contribution in [0.5, 0.6) is 5.75 Å². The lowest BCUT2D eigenvalue weighted by atomic mass is 10.2. The SMILES string of the molecule is COCC(Oc1cccc(Cl)c1C#N)C(=O)NN. The number of benzene rings is 1. The number of amides is 1. The van der Waals surface area contributed by atoms with E-state index >= 15 is 0 Å². The highest BCUT2D eigenvalue weighted by Crippen LogP contribution is 2.26. The van der Waals surface area contributed by atoms with Crippen LogP contribution >= 0.6 is 11.6 Å². The van der Waals surface area contributed by atoms with Crippen molar-refractivity contribution >= 4 is 17.5 Å². The summed E-state index contributed by atoms with van der Waals surface area (Å²) in [5.74, 6) is 4.68. The fourth-order valence-corrected chi connectivity index (χ4v) is 1.48. The molecule has 0 fully saturated rings. The minimum Gasteiger partial charge on any atom is -0.477 e. The minimum absolute atomic E-state index is 0.000412. The van der Waals surface area contributed by atoms with Crippen LogP contribution in [-0.2, 0) is 9.53 Å². The normalized spacial score (nSPS) is 11.4. The molecule has 6 nitrogen and oxygen atoms in total. The van der Waals surface area contributed by atoms with E-state index in [1.54, 1.807) is 12.1 Å². The third-order valence-electron chi connectivity index (χ3n) is 2.11. The van der Waals surface area contributed by atoms with Crippen molar-refractivity contribution in [3.05, 3.63) is 28.8 Å². The minimum atomic E-state index is -0.953. The van der Waals surface area contributed by atoms with Gasteiger partial charge >= 0.3 is 0 Å². The van der Waals surface area contributed by atoms with Gasteiger partial charge < -0.3 is 9.47 Å². The van der Waals surface area contributed by atoms with E-state index in [1.165, 1.54) is 13.2 Å². The Hall–Kier alpha value is -1.81. The van der Waals surface area contributed by atoms with Crippen molar-refractivity contribution in [1.29, 1.82) is 5.26 Å². The third-order valence-corrected chi connectivity index (χ3v) is 2.42. The second-order valence-corrected chi connectivity index (χ2v) is 3.70. The number of rotatable bonds is 5. The van der Waals surface area contributed by atoms with E-state index in [4.69, 9.17) is 32.2 Å². The molecule has 0 radical (unpaired) electrons. The van der Waals surface area contributed by atoms with Crippen LogP contribution in [0.1, 0.15) is 5.56 Å². The summed E-state index contributed by atoms with van der Waals surface area (Å²) in [7, 11) is 1.42. The summed E-state index contributed by atoms with van der Waals surface area (Å²) in [6.07, 6.45) is -0.953. The molecule has 0 spiro atoms. The van der Waals surface area contributed by atoms with Gasteiger partial charge in [-0.15, -0.1) is 0 Å². The van der Waals surface area contributed by atoms with Gasteiger partial charge in [-0.1, -0.05) is 17.7 Å². The summed E-state index contributed by atoms with van der Waals surface area (Å²) in [6, 6.07) is 6.62. The van der Waals surface area contributed by atoms with E-state index in [1.807, 2.05) is 11.5 Å². The van der Waals surface area contributed by atoms with Gasteiger partial charge in [0.2, 0.25) is 6.10 Å². The maximum Gasteiger partial charge on any atom is 0.277 e. The van der Waals surface area contributed by atoms with Crippen molar-refractivity contribution in [2.24, 2.45) is 5.84 Å². The average Bonchev–Trinajstić information content (AvgIpc) is 2.37. The van der Waals surface area contributed by atoms with Gasteiger partial charge in [0.05, 0.1) is 11.6 Å². The maximum atomic E-state index is 11.4. The maximum absolute atomic E-state index is 11.4. The van der Waals surface area contributed by atoms with Gasteiger partial charge in [0, 0.05) is 7.11 Å². The van der Waals surface area contributed by atoms with Crippen LogP contribution in [0.25, 0.3) is 0 Å². The first-order valence-corrected chi connectivity index (χ1v) is 5.36. The summed E-state index contributed by atoms with van der Waals surface area (Å²) in [6.45, 7) is 0.000412. The molecule has 0 aliphatic heterocycles. The van der Waals surface area contributed by atoms with Gasteiger partial charge in [-0.2, -0.15) is 5.26 Å². The number of nitrogens with one attached hydrogen (secondary N) is 1. The Morgan fingerprint density at radius 3 is 2.94 bits per heavy atom. The van der Waals surface area contributed by atoms with Crippen LogP contribution in [0.2, 0.25) is 5.02 Å². The zero-order valence-electron chi connectivity index (χ0n) is 9.64. The van der Waals surface area contributed by atoms with Crippen molar-refractivity contribution in [1.82, 2.24) is 5.43 Å². The van der Waals surface area contributed by atoms with Crippen LogP contribution in [-0.4, -0.2) is 25.7 Å². The van der Waals surface area contributed by atoms with Crippen LogP contribution in [0.15, 0.2) is 18.2 Å². The molecule has 1 rings (SSSR count). The van der Waals surface area contributed by atoms with Crippen LogP contribution in [0, 0.1) is 11.3 Å². The molecule has 3 N–H and O–H groups in total. The van der Waals surface area contributed by atoms with Crippen molar-refractivity contribution in [3.8, 4) is 11.8 Å². The average molecular weight is 270 g/mol. The Morgan fingerprint density at radius 1 is 1.67 bits per heavy atom. The lowest BCUT2D eigenvalue weighted by Gasteiger charge is -2.17. The molecule has 7 heteroatoms. The fraction of sp³-hybridized carbons (Fsp3) is 0.273. The van der Waals surface area contributed by atoms with Gasteiger partial charge in [-0.05, 0) is 12.1 Å². The predicted octanol–water partition coefficient (Wildman–Crippen LogP) is 0.595. The summed E-state index contributed by atoms with van der Waals surface area (Å²) < 4.78 is 10.2. The quantitative estimate of drug-likeness (QED) is 0.463. The zero-order valence-corrected chi connectivity index (χ0v) is 10.4. The van der Waals surface area contributed by atoms with Crippen molar-refractivity contribution in [2.45, 2.75) is 6.10 Å². The van der Waals surface area contributed by atoms with Gasteiger partial charge in [0.1, 0.15) is 17.4 Å². The summed E-state index contributed by atoms with van der Waals surface area (Å²) in [4.78, 5) is 11.4. The number of nitrogens with two attached hydrogens (primary N) is 1. The van der Waals surface area contributed by atoms with Crippen molar-refractivity contribution in [3.63, 3.8) is 0 Å². The molecule has 1 unspecified atom stereocenters. The molecule has 96 valence electrons. The molecule has 0 heterocycles. The number of hydrogen-bond donors (Lipinski definition) is 2. The number of carbonyl (C=O) groups excluding carboxylic acids is 1. The Morgan fingerprint density at radius 2 is 2.39 bits per heavy atom.